The van der Waals surface area contributed by atoms with Crippen LogP contribution in [-0.4, -0.2) is 19.7 Å². The molecule has 0 aliphatic rings. The molecular weight excluding hydrogens is 206 g/mol. The zero-order chi connectivity index (χ0) is 12.0. The number of benzene rings is 1. The van der Waals surface area contributed by atoms with Gasteiger partial charge in [0.1, 0.15) is 18.2 Å². The highest BCUT2D eigenvalue weighted by Gasteiger charge is 2.15. The maximum absolute atomic E-state index is 11.3. The van der Waals surface area contributed by atoms with Crippen LogP contribution < -0.4 is 10.5 Å². The molecule has 0 bridgehead atoms. The van der Waals surface area contributed by atoms with Crippen LogP contribution >= 0.6 is 0 Å². The molecule has 1 atom stereocenters. The van der Waals surface area contributed by atoms with Gasteiger partial charge in [0.2, 0.25) is 0 Å². The van der Waals surface area contributed by atoms with Crippen molar-refractivity contribution in [1.82, 2.24) is 0 Å². The van der Waals surface area contributed by atoms with E-state index in [-0.39, 0.29) is 12.0 Å². The van der Waals surface area contributed by atoms with Crippen molar-refractivity contribution in [3.05, 3.63) is 29.8 Å². The molecule has 0 radical (unpaired) electrons. The number of esters is 1. The quantitative estimate of drug-likeness (QED) is 0.757. The van der Waals surface area contributed by atoms with Crippen molar-refractivity contribution in [2.75, 3.05) is 13.7 Å². The number of methoxy groups -OCH3 is 1. The molecule has 0 fully saturated rings. The first-order valence-corrected chi connectivity index (χ1v) is 5.30. The highest BCUT2D eigenvalue weighted by molar-refractivity contribution is 5.70. The Labute approximate surface area is 95.3 Å². The second kappa shape index (κ2) is 6.12. The topological polar surface area (TPSA) is 63.2 Å². The largest absolute Gasteiger partial charge is 0.497 e. The minimum absolute atomic E-state index is 0.0787. The fraction of sp³-hybridized carbons (Fsp3) is 0.417. The number of quaternary nitrogens is 1. The predicted molar refractivity (Wildman–Crippen MR) is 59.9 cm³/mol. The first-order chi connectivity index (χ1) is 7.67. The van der Waals surface area contributed by atoms with Crippen molar-refractivity contribution in [3.8, 4) is 5.75 Å². The van der Waals surface area contributed by atoms with Crippen molar-refractivity contribution in [1.29, 1.82) is 0 Å². The molecule has 0 aliphatic heterocycles. The summed E-state index contributed by atoms with van der Waals surface area (Å²) < 4.78 is 9.93. The van der Waals surface area contributed by atoms with Gasteiger partial charge < -0.3 is 15.2 Å². The third-order valence-electron chi connectivity index (χ3n) is 2.31. The van der Waals surface area contributed by atoms with E-state index in [1.54, 1.807) is 14.0 Å². The number of hydrogen-bond donors (Lipinski definition) is 1. The van der Waals surface area contributed by atoms with E-state index in [1.165, 1.54) is 0 Å². The molecular formula is C12H18NO3+. The Kier molecular flexibility index (Phi) is 4.79. The molecule has 0 amide bonds. The molecule has 0 heterocycles. The highest BCUT2D eigenvalue weighted by atomic mass is 16.5. The summed E-state index contributed by atoms with van der Waals surface area (Å²) in [6.45, 7) is 2.21. The molecule has 0 spiro atoms. The lowest BCUT2D eigenvalue weighted by Crippen LogP contribution is -2.54. The molecule has 1 aromatic rings. The summed E-state index contributed by atoms with van der Waals surface area (Å²) in [6.07, 6.45) is 0.306. The number of rotatable bonds is 5. The first-order valence-electron chi connectivity index (χ1n) is 5.30. The normalized spacial score (nSPS) is 11.9. The third-order valence-corrected chi connectivity index (χ3v) is 2.31. The summed E-state index contributed by atoms with van der Waals surface area (Å²) in [4.78, 5) is 11.3. The van der Waals surface area contributed by atoms with Crippen LogP contribution in [0.2, 0.25) is 0 Å². The third kappa shape index (κ3) is 3.55. The van der Waals surface area contributed by atoms with Gasteiger partial charge in [-0.25, -0.2) is 0 Å². The Bertz CT molecular complexity index is 335. The Morgan fingerprint density at radius 3 is 2.50 bits per heavy atom. The van der Waals surface area contributed by atoms with Crippen molar-refractivity contribution in [2.24, 2.45) is 0 Å². The monoisotopic (exact) mass is 224 g/mol. The molecule has 0 aromatic heterocycles. The zero-order valence-electron chi connectivity index (χ0n) is 9.73. The lowest BCUT2D eigenvalue weighted by Gasteiger charge is -2.08. The average molecular weight is 224 g/mol. The molecule has 88 valence electrons. The van der Waals surface area contributed by atoms with Gasteiger partial charge in [-0.15, -0.1) is 0 Å². The molecule has 4 nitrogen and oxygen atoms in total. The number of hydrogen-bond acceptors (Lipinski definition) is 3. The van der Waals surface area contributed by atoms with Gasteiger partial charge in [0, 0.05) is 5.56 Å². The predicted octanol–water partition coefficient (Wildman–Crippen LogP) is 0.931. The van der Waals surface area contributed by atoms with E-state index in [1.807, 2.05) is 24.3 Å². The second-order valence-electron chi connectivity index (χ2n) is 3.48. The molecule has 4 heteroatoms. The van der Waals surface area contributed by atoms with Crippen LogP contribution in [0.25, 0.3) is 0 Å². The summed E-state index contributed by atoms with van der Waals surface area (Å²) in [5.41, 5.74) is 4.95. The number of ether oxygens (including phenoxy) is 2. The number of carbonyl (C=O) groups excluding carboxylic acids is 1. The van der Waals surface area contributed by atoms with Gasteiger partial charge in [0.05, 0.1) is 13.7 Å². The summed E-state index contributed by atoms with van der Waals surface area (Å²) >= 11 is 0. The van der Waals surface area contributed by atoms with Gasteiger partial charge >= 0.3 is 5.97 Å². The van der Waals surface area contributed by atoms with Crippen molar-refractivity contribution in [2.45, 2.75) is 19.4 Å². The van der Waals surface area contributed by atoms with Gasteiger partial charge in [-0.05, 0) is 31.2 Å². The van der Waals surface area contributed by atoms with E-state index in [4.69, 9.17) is 9.47 Å². The van der Waals surface area contributed by atoms with Gasteiger partial charge in [-0.3, -0.25) is 4.79 Å². The van der Waals surface area contributed by atoms with E-state index in [9.17, 15) is 4.79 Å². The van der Waals surface area contributed by atoms with Crippen LogP contribution in [0.4, 0.5) is 0 Å². The van der Waals surface area contributed by atoms with Crippen LogP contribution in [0.1, 0.15) is 24.9 Å². The lowest BCUT2D eigenvalue weighted by molar-refractivity contribution is -0.425. The smallest absolute Gasteiger partial charge is 0.312 e. The van der Waals surface area contributed by atoms with Crippen LogP contribution in [-0.2, 0) is 9.53 Å². The van der Waals surface area contributed by atoms with Crippen LogP contribution in [0.15, 0.2) is 24.3 Å². The summed E-state index contributed by atoms with van der Waals surface area (Å²) in [6, 6.07) is 7.47. The Morgan fingerprint density at radius 1 is 1.38 bits per heavy atom. The Morgan fingerprint density at radius 2 is 2.00 bits per heavy atom. The highest BCUT2D eigenvalue weighted by Crippen LogP contribution is 2.17. The fourth-order valence-corrected chi connectivity index (χ4v) is 1.42. The molecule has 3 N–H and O–H groups in total. The van der Waals surface area contributed by atoms with Crippen LogP contribution in [0, 0.1) is 0 Å². The van der Waals surface area contributed by atoms with E-state index in [2.05, 4.69) is 5.73 Å². The Hall–Kier alpha value is -1.55. The zero-order valence-corrected chi connectivity index (χ0v) is 9.73. The Balaban J connectivity index is 2.58. The number of carbonyl (C=O) groups is 1. The molecule has 1 aromatic carbocycles. The van der Waals surface area contributed by atoms with Gasteiger partial charge in [-0.1, -0.05) is 0 Å². The minimum atomic E-state index is -0.210. The average Bonchev–Trinajstić information content (AvgIpc) is 2.29. The molecule has 0 aliphatic carbocycles. The van der Waals surface area contributed by atoms with E-state index >= 15 is 0 Å². The molecule has 0 unspecified atom stereocenters. The minimum Gasteiger partial charge on any atom is -0.497 e. The van der Waals surface area contributed by atoms with Gasteiger partial charge in [-0.2, -0.15) is 0 Å². The second-order valence-corrected chi connectivity index (χ2v) is 3.48. The SMILES string of the molecule is CCOC(=O)C[C@H]([NH3+])c1ccc(OC)cc1. The van der Waals surface area contributed by atoms with Crippen LogP contribution in [0.3, 0.4) is 0 Å². The molecule has 0 saturated carbocycles. The first kappa shape index (κ1) is 12.5. The van der Waals surface area contributed by atoms with E-state index in [0.717, 1.165) is 11.3 Å². The van der Waals surface area contributed by atoms with Crippen LogP contribution in [0.5, 0.6) is 5.75 Å². The summed E-state index contributed by atoms with van der Waals surface area (Å²) in [7, 11) is 1.62. The maximum Gasteiger partial charge on any atom is 0.312 e. The molecule has 16 heavy (non-hydrogen) atoms. The molecule has 1 rings (SSSR count). The summed E-state index contributed by atoms with van der Waals surface area (Å²) in [5, 5.41) is 0. The van der Waals surface area contributed by atoms with E-state index < -0.39 is 0 Å². The van der Waals surface area contributed by atoms with Crippen molar-refractivity contribution >= 4 is 5.97 Å². The molecule has 0 saturated heterocycles. The summed E-state index contributed by atoms with van der Waals surface area (Å²) in [5.74, 6) is 0.588. The standard InChI is InChI=1S/C12H17NO3/c1-3-16-12(14)8-11(13)9-4-6-10(15-2)7-5-9/h4-7,11H,3,8,13H2,1-2H3/p+1/t11-/m0/s1. The maximum atomic E-state index is 11.3. The lowest BCUT2D eigenvalue weighted by atomic mass is 10.0. The van der Waals surface area contributed by atoms with E-state index in [0.29, 0.717) is 13.0 Å². The fourth-order valence-electron chi connectivity index (χ4n) is 1.42. The van der Waals surface area contributed by atoms with Crippen molar-refractivity contribution < 1.29 is 20.0 Å². The van der Waals surface area contributed by atoms with Gasteiger partial charge in [0.25, 0.3) is 0 Å². The van der Waals surface area contributed by atoms with Gasteiger partial charge in [0.15, 0.2) is 0 Å². The van der Waals surface area contributed by atoms with Crippen molar-refractivity contribution in [3.63, 3.8) is 0 Å².